The Morgan fingerprint density at radius 3 is 2.65 bits per heavy atom. The zero-order valence-electron chi connectivity index (χ0n) is 13.4. The van der Waals surface area contributed by atoms with Gasteiger partial charge in [0.15, 0.2) is 0 Å². The van der Waals surface area contributed by atoms with Gasteiger partial charge in [-0.1, -0.05) is 23.7 Å². The van der Waals surface area contributed by atoms with Crippen molar-refractivity contribution in [2.45, 2.75) is 4.90 Å². The fourth-order valence-electron chi connectivity index (χ4n) is 1.79. The van der Waals surface area contributed by atoms with Crippen LogP contribution < -0.4 is 19.5 Å². The number of urea groups is 1. The van der Waals surface area contributed by atoms with Crippen LogP contribution in [0.5, 0.6) is 11.8 Å². The topological polar surface area (TPSA) is 124 Å². The van der Waals surface area contributed by atoms with Gasteiger partial charge in [0.25, 0.3) is 16.0 Å². The first kappa shape index (κ1) is 19.8. The van der Waals surface area contributed by atoms with Gasteiger partial charge in [0, 0.05) is 7.05 Å². The molecule has 0 atom stereocenters. The molecule has 0 radical (unpaired) electrons. The van der Waals surface area contributed by atoms with Crippen molar-refractivity contribution in [1.29, 1.82) is 0 Å². The largest absolute Gasteiger partial charge is 0.467 e. The van der Waals surface area contributed by atoms with Crippen LogP contribution in [0.2, 0.25) is 0 Å². The second kappa shape index (κ2) is 8.25. The number of nitrogens with one attached hydrogen (secondary N) is 2. The standard InChI is InChI=1S/C13H13Cl2N5O5S/c1-20-13(24-2)17-11(18-20)16-12(21)19-26(22,23)9-6-4-3-5-8(9)25-10(15)7-14/h3-7H,1-2H3,(H2,16,18,19,21). The number of carbonyl (C=O) groups is 1. The third kappa shape index (κ3) is 4.77. The second-order valence-corrected chi connectivity index (χ2v) is 6.81. The lowest BCUT2D eigenvalue weighted by atomic mass is 10.3. The summed E-state index contributed by atoms with van der Waals surface area (Å²) >= 11 is 11.0. The summed E-state index contributed by atoms with van der Waals surface area (Å²) < 4.78 is 37.9. The van der Waals surface area contributed by atoms with Crippen LogP contribution in [0.1, 0.15) is 0 Å². The maximum Gasteiger partial charge on any atom is 0.335 e. The molecule has 1 aromatic carbocycles. The molecule has 0 fully saturated rings. The Kier molecular flexibility index (Phi) is 6.29. The molecule has 10 nitrogen and oxygen atoms in total. The number of benzene rings is 1. The lowest BCUT2D eigenvalue weighted by molar-refractivity contribution is 0.256. The summed E-state index contributed by atoms with van der Waals surface area (Å²) in [6.45, 7) is 0. The number of carbonyl (C=O) groups excluding carboxylic acids is 1. The number of anilines is 1. The van der Waals surface area contributed by atoms with Crippen molar-refractivity contribution < 1.29 is 22.7 Å². The van der Waals surface area contributed by atoms with Crippen LogP contribution in [0.4, 0.5) is 10.7 Å². The van der Waals surface area contributed by atoms with Crippen LogP contribution in [-0.4, -0.2) is 36.3 Å². The Labute approximate surface area is 158 Å². The zero-order chi connectivity index (χ0) is 19.3. The molecular weight excluding hydrogens is 409 g/mol. The van der Waals surface area contributed by atoms with Crippen molar-refractivity contribution in [3.05, 3.63) is 35.0 Å². The molecule has 2 aromatic rings. The molecule has 1 aromatic heterocycles. The van der Waals surface area contributed by atoms with Crippen molar-refractivity contribution in [2.75, 3.05) is 12.4 Å². The third-order valence-corrected chi connectivity index (χ3v) is 4.66. The van der Waals surface area contributed by atoms with E-state index in [1.165, 1.54) is 43.1 Å². The summed E-state index contributed by atoms with van der Waals surface area (Å²) in [5, 5.41) is 5.78. The predicted molar refractivity (Wildman–Crippen MR) is 93.8 cm³/mol. The summed E-state index contributed by atoms with van der Waals surface area (Å²) in [5.41, 5.74) is 0.922. The Balaban J connectivity index is 2.19. The number of halogens is 2. The third-order valence-electron chi connectivity index (χ3n) is 2.79. The number of aromatic nitrogens is 3. The molecule has 0 aliphatic heterocycles. The number of amides is 2. The van der Waals surface area contributed by atoms with E-state index < -0.39 is 16.1 Å². The van der Waals surface area contributed by atoms with Gasteiger partial charge in [0.2, 0.25) is 5.22 Å². The Bertz CT molecular complexity index is 944. The fourth-order valence-corrected chi connectivity index (χ4v) is 2.95. The van der Waals surface area contributed by atoms with Gasteiger partial charge in [0.05, 0.1) is 12.6 Å². The number of para-hydroxylation sites is 1. The molecular formula is C13H13Cl2N5O5S. The van der Waals surface area contributed by atoms with E-state index in [1.54, 1.807) is 0 Å². The van der Waals surface area contributed by atoms with Crippen LogP contribution >= 0.6 is 23.2 Å². The Morgan fingerprint density at radius 2 is 2.04 bits per heavy atom. The van der Waals surface area contributed by atoms with E-state index >= 15 is 0 Å². The molecule has 1 heterocycles. The highest BCUT2D eigenvalue weighted by atomic mass is 35.5. The number of hydrogen-bond donors (Lipinski definition) is 2. The molecule has 13 heteroatoms. The molecule has 0 aliphatic rings. The average Bonchev–Trinajstić information content (AvgIpc) is 2.93. The number of ether oxygens (including phenoxy) is 2. The highest BCUT2D eigenvalue weighted by Gasteiger charge is 2.23. The summed E-state index contributed by atoms with van der Waals surface area (Å²) in [6.07, 6.45) is 0. The summed E-state index contributed by atoms with van der Waals surface area (Å²) in [6, 6.07) is 4.60. The molecule has 0 unspecified atom stereocenters. The minimum atomic E-state index is -4.28. The number of nitrogens with zero attached hydrogens (tertiary/aromatic N) is 3. The normalized spacial score (nSPS) is 11.8. The van der Waals surface area contributed by atoms with Crippen molar-refractivity contribution in [3.8, 4) is 11.8 Å². The van der Waals surface area contributed by atoms with Crippen LogP contribution in [-0.2, 0) is 17.1 Å². The first-order valence-electron chi connectivity index (χ1n) is 6.78. The summed E-state index contributed by atoms with van der Waals surface area (Å²) in [7, 11) is -1.38. The molecule has 2 rings (SSSR count). The SMILES string of the molecule is COc1nc(NC(=O)NS(=O)(=O)c2ccccc2OC(Cl)=CCl)nn1C. The van der Waals surface area contributed by atoms with Gasteiger partial charge >= 0.3 is 12.0 Å². The first-order chi connectivity index (χ1) is 12.3. The van der Waals surface area contributed by atoms with Crippen molar-refractivity contribution in [3.63, 3.8) is 0 Å². The van der Waals surface area contributed by atoms with E-state index in [0.717, 1.165) is 5.54 Å². The highest BCUT2D eigenvalue weighted by molar-refractivity contribution is 7.90. The second-order valence-electron chi connectivity index (χ2n) is 4.57. The molecule has 26 heavy (non-hydrogen) atoms. The molecule has 2 N–H and O–H groups in total. The predicted octanol–water partition coefficient (Wildman–Crippen LogP) is 1.99. The highest BCUT2D eigenvalue weighted by Crippen LogP contribution is 2.26. The summed E-state index contributed by atoms with van der Waals surface area (Å²) in [5.74, 6) is -0.262. The van der Waals surface area contributed by atoms with Gasteiger partial charge in [-0.25, -0.2) is 22.6 Å². The molecule has 0 saturated carbocycles. The van der Waals surface area contributed by atoms with Crippen molar-refractivity contribution in [2.24, 2.45) is 7.05 Å². The van der Waals surface area contributed by atoms with Crippen LogP contribution in [0.25, 0.3) is 0 Å². The first-order valence-corrected chi connectivity index (χ1v) is 9.08. The number of methoxy groups -OCH3 is 1. The van der Waals surface area contributed by atoms with Crippen LogP contribution in [0.15, 0.2) is 39.9 Å². The van der Waals surface area contributed by atoms with Gasteiger partial charge < -0.3 is 9.47 Å². The molecule has 0 spiro atoms. The molecule has 0 saturated heterocycles. The van der Waals surface area contributed by atoms with Crippen LogP contribution in [0, 0.1) is 0 Å². The maximum absolute atomic E-state index is 12.4. The summed E-state index contributed by atoms with van der Waals surface area (Å²) in [4.78, 5) is 15.5. The minimum absolute atomic E-state index is 0.118. The van der Waals surface area contributed by atoms with E-state index in [2.05, 4.69) is 15.4 Å². The van der Waals surface area contributed by atoms with Crippen molar-refractivity contribution >= 4 is 45.2 Å². The monoisotopic (exact) mass is 421 g/mol. The molecule has 140 valence electrons. The number of rotatable bonds is 6. The quantitative estimate of drug-likeness (QED) is 0.683. The lowest BCUT2D eigenvalue weighted by Gasteiger charge is -2.11. The Hall–Kier alpha value is -2.50. The zero-order valence-corrected chi connectivity index (χ0v) is 15.8. The molecule has 2 amide bonds. The average molecular weight is 422 g/mol. The van der Waals surface area contributed by atoms with Crippen LogP contribution in [0.3, 0.4) is 0 Å². The van der Waals surface area contributed by atoms with E-state index in [-0.39, 0.29) is 27.8 Å². The smallest absolute Gasteiger partial charge is 0.335 e. The van der Waals surface area contributed by atoms with E-state index in [0.29, 0.717) is 0 Å². The van der Waals surface area contributed by atoms with Gasteiger partial charge in [-0.2, -0.15) is 4.98 Å². The van der Waals surface area contributed by atoms with Gasteiger partial charge in [-0.3, -0.25) is 5.32 Å². The molecule has 0 aliphatic carbocycles. The van der Waals surface area contributed by atoms with Gasteiger partial charge in [-0.05, 0) is 23.7 Å². The van der Waals surface area contributed by atoms with E-state index in [1.807, 2.05) is 4.72 Å². The number of sulfonamides is 1. The Morgan fingerprint density at radius 1 is 1.35 bits per heavy atom. The van der Waals surface area contributed by atoms with Crippen molar-refractivity contribution in [1.82, 2.24) is 19.5 Å². The van der Waals surface area contributed by atoms with Gasteiger partial charge in [-0.15, -0.1) is 5.10 Å². The number of hydrogen-bond acceptors (Lipinski definition) is 7. The number of aryl methyl sites for hydroxylation is 1. The fraction of sp³-hybridized carbons (Fsp3) is 0.154. The van der Waals surface area contributed by atoms with E-state index in [9.17, 15) is 13.2 Å². The molecule has 0 bridgehead atoms. The van der Waals surface area contributed by atoms with E-state index in [4.69, 9.17) is 32.7 Å². The lowest BCUT2D eigenvalue weighted by Crippen LogP contribution is -2.34. The maximum atomic E-state index is 12.4. The minimum Gasteiger partial charge on any atom is -0.467 e. The van der Waals surface area contributed by atoms with Gasteiger partial charge in [0.1, 0.15) is 10.6 Å².